The Labute approximate surface area is 103 Å². The Morgan fingerprint density at radius 3 is 2.81 bits per heavy atom. The predicted octanol–water partition coefficient (Wildman–Crippen LogP) is 2.02. The predicted molar refractivity (Wildman–Crippen MR) is 64.3 cm³/mol. The summed E-state index contributed by atoms with van der Waals surface area (Å²) >= 11 is 3.32. The van der Waals surface area contributed by atoms with Crippen LogP contribution in [0.15, 0.2) is 22.7 Å². The number of carbonyl (C=O) groups is 1. The summed E-state index contributed by atoms with van der Waals surface area (Å²) in [5.74, 6) is 0.114. The molecule has 0 spiro atoms. The van der Waals surface area contributed by atoms with E-state index in [9.17, 15) is 4.79 Å². The number of ether oxygens (including phenoxy) is 2. The molecule has 0 aliphatic heterocycles. The molecular formula is C11H14BrNO3. The van der Waals surface area contributed by atoms with Crippen LogP contribution < -0.4 is 10.5 Å². The maximum Gasteiger partial charge on any atom is 0.327 e. The van der Waals surface area contributed by atoms with Crippen molar-refractivity contribution in [3.63, 3.8) is 0 Å². The number of halogens is 1. The van der Waals surface area contributed by atoms with Gasteiger partial charge in [-0.25, -0.2) is 4.79 Å². The van der Waals surface area contributed by atoms with E-state index in [-0.39, 0.29) is 0 Å². The lowest BCUT2D eigenvalue weighted by atomic mass is 10.1. The summed E-state index contributed by atoms with van der Waals surface area (Å²) in [5.41, 5.74) is 6.40. The van der Waals surface area contributed by atoms with E-state index in [1.807, 2.05) is 6.07 Å². The van der Waals surface area contributed by atoms with E-state index >= 15 is 0 Å². The number of hydrogen-bond donors (Lipinski definition) is 1. The van der Waals surface area contributed by atoms with Crippen molar-refractivity contribution in [2.45, 2.75) is 13.0 Å². The summed E-state index contributed by atoms with van der Waals surface area (Å²) in [5, 5.41) is 0. The smallest absolute Gasteiger partial charge is 0.327 e. The van der Waals surface area contributed by atoms with Crippen molar-refractivity contribution in [2.24, 2.45) is 5.73 Å². The molecule has 1 aromatic rings. The van der Waals surface area contributed by atoms with E-state index in [2.05, 4.69) is 15.9 Å². The van der Waals surface area contributed by atoms with Gasteiger partial charge in [0, 0.05) is 10.0 Å². The fourth-order valence-electron chi connectivity index (χ4n) is 1.31. The molecule has 1 atom stereocenters. The van der Waals surface area contributed by atoms with Crippen LogP contribution in [0, 0.1) is 0 Å². The van der Waals surface area contributed by atoms with Gasteiger partial charge in [0.1, 0.15) is 11.8 Å². The quantitative estimate of drug-likeness (QED) is 0.861. The molecule has 0 amide bonds. The van der Waals surface area contributed by atoms with E-state index in [0.29, 0.717) is 17.9 Å². The first kappa shape index (κ1) is 13.0. The topological polar surface area (TPSA) is 61.5 Å². The molecule has 0 fully saturated rings. The zero-order valence-electron chi connectivity index (χ0n) is 9.20. The molecule has 2 N–H and O–H groups in total. The van der Waals surface area contributed by atoms with E-state index in [1.165, 1.54) is 7.11 Å². The molecule has 0 aromatic heterocycles. The van der Waals surface area contributed by atoms with Crippen LogP contribution in [0.3, 0.4) is 0 Å². The molecule has 88 valence electrons. The summed E-state index contributed by atoms with van der Waals surface area (Å²) in [7, 11) is 1.53. The normalized spacial score (nSPS) is 12.0. The van der Waals surface area contributed by atoms with Crippen molar-refractivity contribution < 1.29 is 14.3 Å². The third-order valence-corrected chi connectivity index (χ3v) is 2.56. The van der Waals surface area contributed by atoms with Crippen LogP contribution in [0.25, 0.3) is 0 Å². The summed E-state index contributed by atoms with van der Waals surface area (Å²) < 4.78 is 10.8. The molecule has 16 heavy (non-hydrogen) atoms. The van der Waals surface area contributed by atoms with Gasteiger partial charge in [0.15, 0.2) is 0 Å². The second kappa shape index (κ2) is 5.86. The first-order valence-electron chi connectivity index (χ1n) is 4.85. The van der Waals surface area contributed by atoms with Gasteiger partial charge < -0.3 is 15.2 Å². The number of carbonyl (C=O) groups excluding carboxylic acids is 1. The minimum Gasteiger partial charge on any atom is -0.496 e. The van der Waals surface area contributed by atoms with E-state index in [4.69, 9.17) is 15.2 Å². The summed E-state index contributed by atoms with van der Waals surface area (Å²) in [4.78, 5) is 11.5. The van der Waals surface area contributed by atoms with Crippen LogP contribution in [0.1, 0.15) is 18.5 Å². The van der Waals surface area contributed by atoms with Gasteiger partial charge in [-0.2, -0.15) is 0 Å². The van der Waals surface area contributed by atoms with Gasteiger partial charge in [-0.15, -0.1) is 0 Å². The highest BCUT2D eigenvalue weighted by molar-refractivity contribution is 9.10. The van der Waals surface area contributed by atoms with E-state index in [1.54, 1.807) is 19.1 Å². The minimum atomic E-state index is -0.826. The Hall–Kier alpha value is -1.07. The number of hydrogen-bond acceptors (Lipinski definition) is 4. The number of benzene rings is 1. The van der Waals surface area contributed by atoms with Crippen LogP contribution in [-0.2, 0) is 9.53 Å². The minimum absolute atomic E-state index is 0.308. The number of nitrogens with two attached hydrogens (primary N) is 1. The molecular weight excluding hydrogens is 274 g/mol. The molecule has 0 saturated carbocycles. The first-order chi connectivity index (χ1) is 7.60. The highest BCUT2D eigenvalue weighted by atomic mass is 79.9. The lowest BCUT2D eigenvalue weighted by Crippen LogP contribution is -2.24. The maximum absolute atomic E-state index is 11.5. The second-order valence-electron chi connectivity index (χ2n) is 3.12. The lowest BCUT2D eigenvalue weighted by molar-refractivity contribution is -0.144. The van der Waals surface area contributed by atoms with Crippen molar-refractivity contribution in [2.75, 3.05) is 13.7 Å². The van der Waals surface area contributed by atoms with Crippen molar-refractivity contribution in [1.82, 2.24) is 0 Å². The van der Waals surface area contributed by atoms with Crippen LogP contribution in [-0.4, -0.2) is 19.7 Å². The molecule has 4 nitrogen and oxygen atoms in total. The Bertz CT molecular complexity index is 381. The Morgan fingerprint density at radius 1 is 1.56 bits per heavy atom. The van der Waals surface area contributed by atoms with E-state index in [0.717, 1.165) is 4.47 Å². The molecule has 0 unspecified atom stereocenters. The lowest BCUT2D eigenvalue weighted by Gasteiger charge is -2.14. The maximum atomic E-state index is 11.5. The Morgan fingerprint density at radius 2 is 2.25 bits per heavy atom. The van der Waals surface area contributed by atoms with Gasteiger partial charge in [0.25, 0.3) is 0 Å². The van der Waals surface area contributed by atoms with Gasteiger partial charge in [0.2, 0.25) is 0 Å². The number of rotatable bonds is 4. The molecule has 0 radical (unpaired) electrons. The molecule has 0 saturated heterocycles. The third kappa shape index (κ3) is 2.96. The third-order valence-electron chi connectivity index (χ3n) is 2.07. The SMILES string of the molecule is CCOC(=O)[C@@H](N)c1cc(Br)ccc1OC. The number of methoxy groups -OCH3 is 1. The van der Waals surface area contributed by atoms with Crippen molar-refractivity contribution in [3.8, 4) is 5.75 Å². The molecule has 1 rings (SSSR count). The van der Waals surface area contributed by atoms with Gasteiger partial charge in [0.05, 0.1) is 13.7 Å². The second-order valence-corrected chi connectivity index (χ2v) is 4.03. The fraction of sp³-hybridized carbons (Fsp3) is 0.364. The molecule has 1 aromatic carbocycles. The number of esters is 1. The Balaban J connectivity index is 3.01. The monoisotopic (exact) mass is 287 g/mol. The molecule has 0 bridgehead atoms. The van der Waals surface area contributed by atoms with E-state index < -0.39 is 12.0 Å². The standard InChI is InChI=1S/C11H14BrNO3/c1-3-16-11(14)10(13)8-6-7(12)4-5-9(8)15-2/h4-6,10H,3,13H2,1-2H3/t10-/m0/s1. The average Bonchev–Trinajstić information content (AvgIpc) is 2.28. The first-order valence-corrected chi connectivity index (χ1v) is 5.65. The zero-order valence-corrected chi connectivity index (χ0v) is 10.8. The van der Waals surface area contributed by atoms with Crippen LogP contribution in [0.2, 0.25) is 0 Å². The highest BCUT2D eigenvalue weighted by Gasteiger charge is 2.21. The van der Waals surface area contributed by atoms with Crippen LogP contribution in [0.4, 0.5) is 0 Å². The van der Waals surface area contributed by atoms with Gasteiger partial charge in [-0.1, -0.05) is 15.9 Å². The van der Waals surface area contributed by atoms with Gasteiger partial charge >= 0.3 is 5.97 Å². The highest BCUT2D eigenvalue weighted by Crippen LogP contribution is 2.27. The molecule has 0 aliphatic carbocycles. The fourth-order valence-corrected chi connectivity index (χ4v) is 1.69. The average molecular weight is 288 g/mol. The van der Waals surface area contributed by atoms with Gasteiger partial charge in [-0.05, 0) is 25.1 Å². The van der Waals surface area contributed by atoms with Crippen LogP contribution >= 0.6 is 15.9 Å². The summed E-state index contributed by atoms with van der Waals surface area (Å²) in [6.45, 7) is 2.05. The summed E-state index contributed by atoms with van der Waals surface area (Å²) in [6.07, 6.45) is 0. The van der Waals surface area contributed by atoms with Crippen molar-refractivity contribution >= 4 is 21.9 Å². The van der Waals surface area contributed by atoms with Crippen molar-refractivity contribution in [1.29, 1.82) is 0 Å². The molecule has 5 heteroatoms. The molecule has 0 aliphatic rings. The Kier molecular flexibility index (Phi) is 4.76. The van der Waals surface area contributed by atoms with Crippen LogP contribution in [0.5, 0.6) is 5.75 Å². The molecule has 0 heterocycles. The summed E-state index contributed by atoms with van der Waals surface area (Å²) in [6, 6.07) is 4.49. The van der Waals surface area contributed by atoms with Gasteiger partial charge in [-0.3, -0.25) is 0 Å². The van der Waals surface area contributed by atoms with Crippen molar-refractivity contribution in [3.05, 3.63) is 28.2 Å². The zero-order chi connectivity index (χ0) is 12.1. The largest absolute Gasteiger partial charge is 0.496 e.